The van der Waals surface area contributed by atoms with Crippen molar-refractivity contribution in [2.75, 3.05) is 28.4 Å². The fourth-order valence-electron chi connectivity index (χ4n) is 5.06. The Morgan fingerprint density at radius 1 is 1.03 bits per heavy atom. The van der Waals surface area contributed by atoms with E-state index < -0.39 is 6.29 Å². The molecule has 1 N–H and O–H groups in total. The Labute approximate surface area is 188 Å². The quantitative estimate of drug-likeness (QED) is 0.463. The normalized spacial score (nSPS) is 35.7. The van der Waals surface area contributed by atoms with Crippen molar-refractivity contribution in [2.24, 2.45) is 23.7 Å². The van der Waals surface area contributed by atoms with E-state index in [4.69, 9.17) is 23.7 Å². The summed E-state index contributed by atoms with van der Waals surface area (Å²) in [6.07, 6.45) is 8.05. The molecule has 10 atom stereocenters. The molecule has 0 unspecified atom stereocenters. The minimum atomic E-state index is -0.415. The zero-order valence-corrected chi connectivity index (χ0v) is 20.6. The van der Waals surface area contributed by atoms with Crippen LogP contribution < -0.4 is 0 Å². The Kier molecular flexibility index (Phi) is 10.7. The van der Waals surface area contributed by atoms with Crippen molar-refractivity contribution >= 4 is 0 Å². The van der Waals surface area contributed by atoms with E-state index in [9.17, 15) is 5.11 Å². The molecule has 0 amide bonds. The highest BCUT2D eigenvalue weighted by atomic mass is 16.7. The highest BCUT2D eigenvalue weighted by molar-refractivity contribution is 5.18. The molecule has 31 heavy (non-hydrogen) atoms. The van der Waals surface area contributed by atoms with E-state index >= 15 is 0 Å². The van der Waals surface area contributed by atoms with Crippen LogP contribution in [0.1, 0.15) is 47.0 Å². The van der Waals surface area contributed by atoms with E-state index in [1.807, 2.05) is 19.1 Å². The van der Waals surface area contributed by atoms with Crippen molar-refractivity contribution in [3.05, 3.63) is 23.8 Å². The molecule has 6 nitrogen and oxygen atoms in total. The molecule has 1 saturated carbocycles. The van der Waals surface area contributed by atoms with Crippen molar-refractivity contribution in [1.82, 2.24) is 0 Å². The van der Waals surface area contributed by atoms with Crippen LogP contribution in [0.25, 0.3) is 0 Å². The smallest absolute Gasteiger partial charge is 0.184 e. The first-order chi connectivity index (χ1) is 14.8. The fraction of sp³-hybridized carbons (Fsp3) is 0.840. The molecule has 1 aliphatic heterocycles. The van der Waals surface area contributed by atoms with Crippen molar-refractivity contribution in [1.29, 1.82) is 0 Å². The maximum atomic E-state index is 10.8. The second kappa shape index (κ2) is 12.5. The first-order valence-electron chi connectivity index (χ1n) is 11.6. The number of allylic oxidation sites excluding steroid dienone is 2. The second-order valence-electron chi connectivity index (χ2n) is 9.20. The summed E-state index contributed by atoms with van der Waals surface area (Å²) < 4.78 is 28.3. The molecule has 2 fully saturated rings. The minimum absolute atomic E-state index is 0.0870. The van der Waals surface area contributed by atoms with Gasteiger partial charge in [0, 0.05) is 40.8 Å². The van der Waals surface area contributed by atoms with Crippen LogP contribution in [0.3, 0.4) is 0 Å². The molecule has 0 aromatic heterocycles. The zero-order chi connectivity index (χ0) is 23.1. The van der Waals surface area contributed by atoms with Gasteiger partial charge in [-0.15, -0.1) is 0 Å². The highest BCUT2D eigenvalue weighted by Gasteiger charge is 2.48. The highest BCUT2D eigenvalue weighted by Crippen LogP contribution is 2.49. The lowest BCUT2D eigenvalue weighted by Crippen LogP contribution is -2.49. The summed E-state index contributed by atoms with van der Waals surface area (Å²) >= 11 is 0. The van der Waals surface area contributed by atoms with Gasteiger partial charge in [-0.3, -0.25) is 0 Å². The van der Waals surface area contributed by atoms with Gasteiger partial charge in [-0.2, -0.15) is 0 Å². The summed E-state index contributed by atoms with van der Waals surface area (Å²) in [5, 5.41) is 10.8. The van der Waals surface area contributed by atoms with Crippen molar-refractivity contribution in [3.63, 3.8) is 0 Å². The van der Waals surface area contributed by atoms with Crippen LogP contribution >= 0.6 is 0 Å². The average Bonchev–Trinajstić information content (AvgIpc) is 3.58. The lowest BCUT2D eigenvalue weighted by molar-refractivity contribution is -0.256. The Morgan fingerprint density at radius 3 is 2.26 bits per heavy atom. The third-order valence-electron chi connectivity index (χ3n) is 7.28. The molecular formula is C25H44O6. The van der Waals surface area contributed by atoms with Gasteiger partial charge in [-0.1, -0.05) is 39.0 Å². The maximum absolute atomic E-state index is 10.8. The van der Waals surface area contributed by atoms with Gasteiger partial charge in [0.05, 0.1) is 18.3 Å². The molecule has 2 rings (SSSR count). The average molecular weight is 441 g/mol. The molecule has 0 radical (unpaired) electrons. The summed E-state index contributed by atoms with van der Waals surface area (Å²) in [5.41, 5.74) is 1.06. The predicted molar refractivity (Wildman–Crippen MR) is 122 cm³/mol. The summed E-state index contributed by atoms with van der Waals surface area (Å²) in [6, 6.07) is 0. The Hall–Kier alpha value is -0.760. The molecule has 1 saturated heterocycles. The number of methoxy groups -OCH3 is 4. The monoisotopic (exact) mass is 440 g/mol. The Morgan fingerprint density at radius 2 is 1.71 bits per heavy atom. The zero-order valence-electron chi connectivity index (χ0n) is 20.6. The lowest BCUT2D eigenvalue weighted by atomic mass is 9.91. The lowest BCUT2D eigenvalue weighted by Gasteiger charge is -2.39. The summed E-state index contributed by atoms with van der Waals surface area (Å²) in [7, 11) is 6.77. The summed E-state index contributed by atoms with van der Waals surface area (Å²) in [4.78, 5) is 0. The molecule has 0 aromatic rings. The molecule has 0 bridgehead atoms. The van der Waals surface area contributed by atoms with Crippen LogP contribution in [-0.2, 0) is 23.7 Å². The third-order valence-corrected chi connectivity index (χ3v) is 7.28. The topological polar surface area (TPSA) is 66.4 Å². The summed E-state index contributed by atoms with van der Waals surface area (Å²) in [6.45, 7) is 8.53. The molecule has 0 spiro atoms. The first-order valence-corrected chi connectivity index (χ1v) is 11.6. The Bertz CT molecular complexity index is 587. The van der Waals surface area contributed by atoms with Crippen LogP contribution in [0.2, 0.25) is 0 Å². The van der Waals surface area contributed by atoms with Crippen LogP contribution in [0.5, 0.6) is 0 Å². The van der Waals surface area contributed by atoms with Gasteiger partial charge in [0.25, 0.3) is 0 Å². The van der Waals surface area contributed by atoms with E-state index in [2.05, 4.69) is 26.8 Å². The largest absolute Gasteiger partial charge is 0.392 e. The molecule has 6 heteroatoms. The van der Waals surface area contributed by atoms with Crippen molar-refractivity contribution in [2.45, 2.75) is 83.8 Å². The molecule has 1 heterocycles. The molecule has 2 aliphatic rings. The second-order valence-corrected chi connectivity index (χ2v) is 9.20. The summed E-state index contributed by atoms with van der Waals surface area (Å²) in [5.74, 6) is 1.47. The standard InChI is InChI=1S/C25H44O6/c1-9-20(27-5)17(4)18-13-19(18)23(26)15(2)11-10-12-16(3)24-21(28-6)14-22(29-7)25(30-8)31-24/h10-12,15,17-26H,9,13-14H2,1-8H3/b11-10+,16-12+/t15-,17-,18-,19+,20-,21+,22+,23+,24-,25+/m0/s1. The predicted octanol–water partition coefficient (Wildman–Crippen LogP) is 3.97. The van der Waals surface area contributed by atoms with E-state index in [0.29, 0.717) is 24.2 Å². The van der Waals surface area contributed by atoms with E-state index in [1.165, 1.54) is 0 Å². The van der Waals surface area contributed by atoms with E-state index in [-0.39, 0.29) is 36.4 Å². The number of ether oxygens (including phenoxy) is 5. The number of rotatable bonds is 12. The first kappa shape index (κ1) is 26.5. The molecule has 180 valence electrons. The van der Waals surface area contributed by atoms with E-state index in [0.717, 1.165) is 18.4 Å². The fourth-order valence-corrected chi connectivity index (χ4v) is 5.06. The van der Waals surface area contributed by atoms with Crippen LogP contribution in [-0.4, -0.2) is 70.4 Å². The van der Waals surface area contributed by atoms with Crippen molar-refractivity contribution in [3.8, 4) is 0 Å². The van der Waals surface area contributed by atoms with Crippen LogP contribution in [0.15, 0.2) is 23.8 Å². The van der Waals surface area contributed by atoms with Gasteiger partial charge in [0.15, 0.2) is 6.29 Å². The van der Waals surface area contributed by atoms with Gasteiger partial charge in [0.1, 0.15) is 12.2 Å². The van der Waals surface area contributed by atoms with Crippen molar-refractivity contribution < 1.29 is 28.8 Å². The van der Waals surface area contributed by atoms with Gasteiger partial charge in [-0.05, 0) is 43.1 Å². The van der Waals surface area contributed by atoms with Gasteiger partial charge in [0.2, 0.25) is 0 Å². The minimum Gasteiger partial charge on any atom is -0.392 e. The van der Waals surface area contributed by atoms with E-state index in [1.54, 1.807) is 28.4 Å². The van der Waals surface area contributed by atoms with Crippen LogP contribution in [0, 0.1) is 23.7 Å². The number of aliphatic hydroxyl groups is 1. The third kappa shape index (κ3) is 6.62. The number of aliphatic hydroxyl groups excluding tert-OH is 1. The number of hydrogen-bond donors (Lipinski definition) is 1. The molecule has 1 aliphatic carbocycles. The number of hydrogen-bond acceptors (Lipinski definition) is 6. The molecule has 0 aromatic carbocycles. The Balaban J connectivity index is 1.93. The molecular weight excluding hydrogens is 396 g/mol. The van der Waals surface area contributed by atoms with Gasteiger partial charge < -0.3 is 28.8 Å². The van der Waals surface area contributed by atoms with Gasteiger partial charge >= 0.3 is 0 Å². The SMILES string of the molecule is CC[C@H](OC)[C@@H](C)[C@@H]1C[C@H]1[C@H](O)[C@@H](C)/C=C/C=C(\C)[C@@H]1O[C@@H](OC)[C@H](OC)C[C@H]1OC. The van der Waals surface area contributed by atoms with Gasteiger partial charge in [-0.25, -0.2) is 0 Å². The van der Waals surface area contributed by atoms with Crippen LogP contribution in [0.4, 0.5) is 0 Å². The maximum Gasteiger partial charge on any atom is 0.184 e.